The van der Waals surface area contributed by atoms with Crippen molar-refractivity contribution in [1.29, 1.82) is 0 Å². The Morgan fingerprint density at radius 3 is 2.95 bits per heavy atom. The zero-order valence-electron chi connectivity index (χ0n) is 11.8. The number of nitrogens with zero attached hydrogens (tertiary/aromatic N) is 4. The second-order valence-electron chi connectivity index (χ2n) is 5.43. The first-order valence-corrected chi connectivity index (χ1v) is 6.90. The summed E-state index contributed by atoms with van der Waals surface area (Å²) < 4.78 is 7.11. The van der Waals surface area contributed by atoms with E-state index in [1.165, 1.54) is 12.8 Å². The van der Waals surface area contributed by atoms with Gasteiger partial charge in [-0.3, -0.25) is 0 Å². The number of methoxy groups -OCH3 is 1. The molecular weight excluding hydrogens is 254 g/mol. The highest BCUT2D eigenvalue weighted by atomic mass is 16.5. The first-order chi connectivity index (χ1) is 9.69. The van der Waals surface area contributed by atoms with E-state index in [9.17, 15) is 0 Å². The third kappa shape index (κ3) is 2.45. The maximum atomic E-state index is 6.05. The minimum Gasteiger partial charge on any atom is -0.497 e. The third-order valence-corrected chi connectivity index (χ3v) is 3.78. The van der Waals surface area contributed by atoms with Crippen molar-refractivity contribution in [3.63, 3.8) is 0 Å². The van der Waals surface area contributed by atoms with E-state index in [4.69, 9.17) is 10.5 Å². The molecule has 1 fully saturated rings. The number of hydrogen-bond acceptors (Lipinski definition) is 5. The van der Waals surface area contributed by atoms with Crippen LogP contribution in [0.3, 0.4) is 0 Å². The minimum atomic E-state index is 0.276. The van der Waals surface area contributed by atoms with Gasteiger partial charge in [-0.1, -0.05) is 12.8 Å². The summed E-state index contributed by atoms with van der Waals surface area (Å²) in [4.78, 5) is 0. The Balaban J connectivity index is 1.95. The zero-order chi connectivity index (χ0) is 14.1. The molecule has 3 rings (SSSR count). The van der Waals surface area contributed by atoms with Crippen molar-refractivity contribution in [3.05, 3.63) is 18.2 Å². The van der Waals surface area contributed by atoms with E-state index in [-0.39, 0.29) is 6.04 Å². The molecular formula is C14H19N5O. The molecule has 2 aromatic rings. The Bertz CT molecular complexity index is 605. The quantitative estimate of drug-likeness (QED) is 0.845. The van der Waals surface area contributed by atoms with Crippen LogP contribution < -0.4 is 10.5 Å². The normalized spacial score (nSPS) is 16.1. The van der Waals surface area contributed by atoms with Gasteiger partial charge in [-0.2, -0.15) is 0 Å². The van der Waals surface area contributed by atoms with Crippen LogP contribution in [0, 0.1) is 5.92 Å². The first kappa shape index (κ1) is 12.9. The molecule has 1 aliphatic rings. The Kier molecular flexibility index (Phi) is 3.30. The van der Waals surface area contributed by atoms with Gasteiger partial charge in [0.05, 0.1) is 13.2 Å². The van der Waals surface area contributed by atoms with Crippen molar-refractivity contribution in [2.24, 2.45) is 5.92 Å². The van der Waals surface area contributed by atoms with Crippen LogP contribution in [0.1, 0.15) is 32.2 Å². The van der Waals surface area contributed by atoms with E-state index in [1.807, 2.05) is 22.9 Å². The predicted molar refractivity (Wildman–Crippen MR) is 76.3 cm³/mol. The van der Waals surface area contributed by atoms with E-state index >= 15 is 0 Å². The molecule has 6 heteroatoms. The lowest BCUT2D eigenvalue weighted by molar-refractivity contribution is 0.414. The summed E-state index contributed by atoms with van der Waals surface area (Å²) in [5.74, 6) is 2.28. The van der Waals surface area contributed by atoms with Crippen molar-refractivity contribution < 1.29 is 4.74 Å². The molecule has 0 aliphatic heterocycles. The van der Waals surface area contributed by atoms with Crippen molar-refractivity contribution in [1.82, 2.24) is 20.2 Å². The van der Waals surface area contributed by atoms with Crippen molar-refractivity contribution in [2.75, 3.05) is 12.8 Å². The Morgan fingerprint density at radius 1 is 1.45 bits per heavy atom. The number of aromatic nitrogens is 4. The summed E-state index contributed by atoms with van der Waals surface area (Å²) in [5.41, 5.74) is 7.52. The van der Waals surface area contributed by atoms with Crippen LogP contribution in [-0.2, 0) is 0 Å². The van der Waals surface area contributed by atoms with Crippen LogP contribution in [-0.4, -0.2) is 27.3 Å². The predicted octanol–water partition coefficient (Wildman–Crippen LogP) is 2.29. The Morgan fingerprint density at radius 2 is 2.25 bits per heavy atom. The van der Waals surface area contributed by atoms with Gasteiger partial charge < -0.3 is 10.5 Å². The van der Waals surface area contributed by atoms with Crippen molar-refractivity contribution >= 4 is 5.69 Å². The van der Waals surface area contributed by atoms with Gasteiger partial charge in [0.2, 0.25) is 0 Å². The molecule has 1 unspecified atom stereocenters. The molecule has 1 saturated carbocycles. The zero-order valence-corrected chi connectivity index (χ0v) is 11.8. The fraction of sp³-hybridized carbons (Fsp3) is 0.500. The molecule has 0 amide bonds. The van der Waals surface area contributed by atoms with Gasteiger partial charge in [-0.25, -0.2) is 4.68 Å². The average molecular weight is 273 g/mol. The second kappa shape index (κ2) is 5.11. The first-order valence-electron chi connectivity index (χ1n) is 6.90. The fourth-order valence-electron chi connectivity index (χ4n) is 2.46. The highest BCUT2D eigenvalue weighted by Crippen LogP contribution is 2.38. The summed E-state index contributed by atoms with van der Waals surface area (Å²) in [6, 6.07) is 5.80. The maximum absolute atomic E-state index is 6.05. The molecule has 0 spiro atoms. The molecule has 1 atom stereocenters. The minimum absolute atomic E-state index is 0.276. The van der Waals surface area contributed by atoms with Gasteiger partial charge in [-0.15, -0.1) is 5.10 Å². The van der Waals surface area contributed by atoms with Crippen molar-refractivity contribution in [2.45, 2.75) is 32.2 Å². The lowest BCUT2D eigenvalue weighted by Crippen LogP contribution is -2.10. The van der Waals surface area contributed by atoms with Gasteiger partial charge in [0.15, 0.2) is 5.82 Å². The summed E-state index contributed by atoms with van der Waals surface area (Å²) in [6.07, 6.45) is 3.76. The molecule has 1 aromatic carbocycles. The smallest absolute Gasteiger partial charge is 0.184 e. The van der Waals surface area contributed by atoms with Gasteiger partial charge in [0, 0.05) is 11.3 Å². The van der Waals surface area contributed by atoms with Crippen LogP contribution in [0.4, 0.5) is 5.69 Å². The van der Waals surface area contributed by atoms with Gasteiger partial charge in [0.25, 0.3) is 0 Å². The van der Waals surface area contributed by atoms with Gasteiger partial charge >= 0.3 is 0 Å². The molecule has 0 radical (unpaired) electrons. The number of tetrazole rings is 1. The number of nitrogen functional groups attached to an aromatic ring is 1. The van der Waals surface area contributed by atoms with E-state index in [2.05, 4.69) is 22.4 Å². The maximum Gasteiger partial charge on any atom is 0.184 e. The largest absolute Gasteiger partial charge is 0.497 e. The summed E-state index contributed by atoms with van der Waals surface area (Å²) in [7, 11) is 1.63. The molecule has 1 aliphatic carbocycles. The summed E-state index contributed by atoms with van der Waals surface area (Å²) >= 11 is 0. The molecule has 1 aromatic heterocycles. The number of rotatable bonds is 5. The second-order valence-corrected chi connectivity index (χ2v) is 5.43. The molecule has 1 heterocycles. The molecule has 0 bridgehead atoms. The lowest BCUT2D eigenvalue weighted by Gasteiger charge is -2.14. The molecule has 106 valence electrons. The van der Waals surface area contributed by atoms with E-state index in [1.54, 1.807) is 7.11 Å². The monoisotopic (exact) mass is 273 g/mol. The van der Waals surface area contributed by atoms with Crippen LogP contribution in [0.2, 0.25) is 0 Å². The summed E-state index contributed by atoms with van der Waals surface area (Å²) in [6.45, 7) is 2.15. The number of anilines is 1. The molecule has 6 nitrogen and oxygen atoms in total. The van der Waals surface area contributed by atoms with Crippen LogP contribution in [0.25, 0.3) is 11.4 Å². The molecule has 20 heavy (non-hydrogen) atoms. The average Bonchev–Trinajstić information content (AvgIpc) is 3.12. The molecule has 0 saturated heterocycles. The standard InChI is InChI=1S/C14H19N5O/c1-9(7-10-3-4-10)19-14(16-17-18-19)12-8-11(20-2)5-6-13(12)15/h5-6,8-10H,3-4,7,15H2,1-2H3. The van der Waals surface area contributed by atoms with E-state index in [0.717, 1.165) is 23.7 Å². The lowest BCUT2D eigenvalue weighted by atomic mass is 10.1. The topological polar surface area (TPSA) is 78.8 Å². The van der Waals surface area contributed by atoms with Crippen molar-refractivity contribution in [3.8, 4) is 17.1 Å². The van der Waals surface area contributed by atoms with Crippen LogP contribution in [0.5, 0.6) is 5.75 Å². The number of hydrogen-bond donors (Lipinski definition) is 1. The number of benzene rings is 1. The van der Waals surface area contributed by atoms with Gasteiger partial charge in [0.1, 0.15) is 5.75 Å². The number of ether oxygens (including phenoxy) is 1. The van der Waals surface area contributed by atoms with Gasteiger partial charge in [-0.05, 0) is 47.9 Å². The Labute approximate surface area is 117 Å². The SMILES string of the molecule is COc1ccc(N)c(-c2nnnn2C(C)CC2CC2)c1. The molecule has 2 N–H and O–H groups in total. The van der Waals surface area contributed by atoms with E-state index < -0.39 is 0 Å². The fourth-order valence-corrected chi connectivity index (χ4v) is 2.46. The summed E-state index contributed by atoms with van der Waals surface area (Å²) in [5, 5.41) is 12.1. The Hall–Kier alpha value is -2.11. The number of nitrogens with two attached hydrogens (primary N) is 1. The highest BCUT2D eigenvalue weighted by molar-refractivity contribution is 5.73. The van der Waals surface area contributed by atoms with Crippen LogP contribution >= 0.6 is 0 Å². The van der Waals surface area contributed by atoms with Crippen LogP contribution in [0.15, 0.2) is 18.2 Å². The third-order valence-electron chi connectivity index (χ3n) is 3.78. The highest BCUT2D eigenvalue weighted by Gasteiger charge is 2.26. The van der Waals surface area contributed by atoms with E-state index in [0.29, 0.717) is 11.5 Å².